The lowest BCUT2D eigenvalue weighted by Crippen LogP contribution is -1.96. The highest BCUT2D eigenvalue weighted by molar-refractivity contribution is 6.42. The van der Waals surface area contributed by atoms with E-state index in [0.29, 0.717) is 21.1 Å². The summed E-state index contributed by atoms with van der Waals surface area (Å²) in [5, 5.41) is 9.61. The molecular formula is C12H2Cl2N6. The molecule has 20 heavy (non-hydrogen) atoms. The number of benzene rings is 1. The maximum atomic E-state index is 8.92. The van der Waals surface area contributed by atoms with Gasteiger partial charge in [-0.2, -0.15) is 5.26 Å². The Bertz CT molecular complexity index is 876. The first-order valence-corrected chi connectivity index (χ1v) is 6.00. The molecule has 94 valence electrons. The van der Waals surface area contributed by atoms with E-state index in [0.717, 1.165) is 0 Å². The zero-order chi connectivity index (χ0) is 14.3. The molecule has 0 unspecified atom stereocenters. The molecule has 0 saturated heterocycles. The number of nitrogens with zero attached hydrogens (tertiary/aromatic N) is 6. The lowest BCUT2D eigenvalue weighted by molar-refractivity contribution is 1.19. The maximum absolute atomic E-state index is 8.92. The van der Waals surface area contributed by atoms with Crippen molar-refractivity contribution in [3.05, 3.63) is 39.3 Å². The summed E-state index contributed by atoms with van der Waals surface area (Å²) in [5.74, 6) is -0.103. The molecule has 0 aliphatic heterocycles. The van der Waals surface area contributed by atoms with Gasteiger partial charge in [0.25, 0.3) is 5.65 Å². The summed E-state index contributed by atoms with van der Waals surface area (Å²) in [4.78, 5) is 19.6. The van der Waals surface area contributed by atoms with E-state index in [1.165, 1.54) is 0 Å². The van der Waals surface area contributed by atoms with Crippen molar-refractivity contribution in [2.75, 3.05) is 0 Å². The van der Waals surface area contributed by atoms with Crippen molar-refractivity contribution in [3.63, 3.8) is 0 Å². The molecule has 0 bridgehead atoms. The smallest absolute Gasteiger partial charge is 0.308 e. The fourth-order valence-electron chi connectivity index (χ4n) is 1.65. The predicted octanol–water partition coefficient (Wildman–Crippen LogP) is 3.30. The minimum Gasteiger partial charge on any atom is -0.358 e. The van der Waals surface area contributed by atoms with Gasteiger partial charge in [0.1, 0.15) is 6.07 Å². The van der Waals surface area contributed by atoms with Gasteiger partial charge in [0.15, 0.2) is 5.69 Å². The van der Waals surface area contributed by atoms with E-state index >= 15 is 0 Å². The van der Waals surface area contributed by atoms with Gasteiger partial charge in [-0.15, -0.1) is 0 Å². The van der Waals surface area contributed by atoms with Crippen molar-refractivity contribution in [1.29, 1.82) is 5.26 Å². The van der Waals surface area contributed by atoms with E-state index < -0.39 is 0 Å². The van der Waals surface area contributed by atoms with Gasteiger partial charge in [-0.1, -0.05) is 34.8 Å². The number of nitriles is 1. The van der Waals surface area contributed by atoms with Crippen molar-refractivity contribution < 1.29 is 0 Å². The molecule has 3 rings (SSSR count). The summed E-state index contributed by atoms with van der Waals surface area (Å²) in [6.45, 7) is 6.97. The van der Waals surface area contributed by atoms with Crippen LogP contribution in [0.5, 0.6) is 0 Å². The van der Waals surface area contributed by atoms with Gasteiger partial charge >= 0.3 is 5.82 Å². The van der Waals surface area contributed by atoms with Gasteiger partial charge in [0, 0.05) is 0 Å². The Morgan fingerprint density at radius 3 is 2.05 bits per heavy atom. The molecule has 0 N–H and O–H groups in total. The van der Waals surface area contributed by atoms with E-state index in [9.17, 15) is 0 Å². The number of hydrogen-bond acceptors (Lipinski definition) is 5. The lowest BCUT2D eigenvalue weighted by Gasteiger charge is -2.01. The first kappa shape index (κ1) is 12.5. The van der Waals surface area contributed by atoms with Gasteiger partial charge in [0.05, 0.1) is 21.1 Å². The molecule has 0 saturated carbocycles. The first-order valence-electron chi connectivity index (χ1n) is 5.24. The van der Waals surface area contributed by atoms with Gasteiger partial charge < -0.3 is 4.85 Å². The third-order valence-electron chi connectivity index (χ3n) is 2.52. The van der Waals surface area contributed by atoms with Gasteiger partial charge in [0.2, 0.25) is 5.65 Å². The van der Waals surface area contributed by atoms with Crippen LogP contribution in [0.15, 0.2) is 12.1 Å². The molecule has 0 aliphatic carbocycles. The first-order chi connectivity index (χ1) is 9.62. The van der Waals surface area contributed by atoms with Crippen LogP contribution in [-0.2, 0) is 0 Å². The molecule has 0 fully saturated rings. The normalized spacial score (nSPS) is 10.4. The quantitative estimate of drug-likeness (QED) is 0.470. The molecule has 6 nitrogen and oxygen atoms in total. The van der Waals surface area contributed by atoms with Crippen molar-refractivity contribution in [1.82, 2.24) is 19.9 Å². The van der Waals surface area contributed by atoms with Crippen LogP contribution in [-0.4, -0.2) is 19.9 Å². The van der Waals surface area contributed by atoms with Crippen LogP contribution in [0.25, 0.3) is 27.2 Å². The molecule has 0 radical (unpaired) electrons. The van der Waals surface area contributed by atoms with Crippen LogP contribution in [0.2, 0.25) is 10.0 Å². The number of fused-ring (bicyclic) bond motifs is 2. The third kappa shape index (κ3) is 1.88. The van der Waals surface area contributed by atoms with Gasteiger partial charge in [-0.05, 0) is 12.1 Å². The van der Waals surface area contributed by atoms with Crippen LogP contribution < -0.4 is 0 Å². The molecule has 0 spiro atoms. The number of halogens is 2. The van der Waals surface area contributed by atoms with E-state index in [4.69, 9.17) is 35.0 Å². The van der Waals surface area contributed by atoms with Crippen molar-refractivity contribution in [2.45, 2.75) is 0 Å². The van der Waals surface area contributed by atoms with E-state index in [1.807, 2.05) is 0 Å². The average Bonchev–Trinajstić information content (AvgIpc) is 2.45. The standard InChI is InChI=1S/C12H2Cl2N6/c1-16-10-9(4-15)19-11-12(20-10)18-8-3-6(14)5(13)2-7(8)17-11/h2-3H. The SMILES string of the molecule is [C-]#[N+]c1nc2nc3cc(Cl)c(Cl)cc3nc2nc1C#N. The van der Waals surface area contributed by atoms with Gasteiger partial charge in [-0.25, -0.2) is 15.0 Å². The van der Waals surface area contributed by atoms with Crippen molar-refractivity contribution in [3.8, 4) is 6.07 Å². The summed E-state index contributed by atoms with van der Waals surface area (Å²) in [6, 6.07) is 4.92. The number of hydrogen-bond donors (Lipinski definition) is 0. The van der Waals surface area contributed by atoms with E-state index in [2.05, 4.69) is 24.8 Å². The molecular weight excluding hydrogens is 299 g/mol. The molecule has 3 aromatic rings. The number of rotatable bonds is 0. The molecule has 0 amide bonds. The molecule has 2 heterocycles. The Kier molecular flexibility index (Phi) is 2.83. The van der Waals surface area contributed by atoms with Crippen LogP contribution >= 0.6 is 23.2 Å². The molecule has 2 aromatic heterocycles. The van der Waals surface area contributed by atoms with Gasteiger partial charge in [-0.3, -0.25) is 0 Å². The largest absolute Gasteiger partial charge is 0.358 e. The summed E-state index contributed by atoms with van der Waals surface area (Å²) in [5.41, 5.74) is 1.25. The van der Waals surface area contributed by atoms with Crippen LogP contribution in [0.1, 0.15) is 5.69 Å². The Hall–Kier alpha value is -2.54. The second-order valence-corrected chi connectivity index (χ2v) is 4.56. The highest BCUT2D eigenvalue weighted by Gasteiger charge is 2.14. The van der Waals surface area contributed by atoms with Crippen LogP contribution in [0.3, 0.4) is 0 Å². The molecule has 0 atom stereocenters. The van der Waals surface area contributed by atoms with Crippen molar-refractivity contribution >= 4 is 51.3 Å². The second-order valence-electron chi connectivity index (χ2n) is 3.75. The monoisotopic (exact) mass is 300 g/mol. The third-order valence-corrected chi connectivity index (χ3v) is 3.25. The summed E-state index contributed by atoms with van der Waals surface area (Å²) in [7, 11) is 0. The fourth-order valence-corrected chi connectivity index (χ4v) is 1.96. The Morgan fingerprint density at radius 2 is 1.55 bits per heavy atom. The maximum Gasteiger partial charge on any atom is 0.308 e. The fraction of sp³-hybridized carbons (Fsp3) is 0. The topological polar surface area (TPSA) is 79.7 Å². The minimum atomic E-state index is -0.103. The summed E-state index contributed by atoms with van der Waals surface area (Å²) < 4.78 is 0. The second kappa shape index (κ2) is 4.53. The minimum absolute atomic E-state index is 0.0822. The summed E-state index contributed by atoms with van der Waals surface area (Å²) in [6.07, 6.45) is 0. The Balaban J connectivity index is 2.43. The Labute approximate surface area is 122 Å². The Morgan fingerprint density at radius 1 is 1.00 bits per heavy atom. The molecule has 1 aromatic carbocycles. The van der Waals surface area contributed by atoms with E-state index in [-0.39, 0.29) is 22.8 Å². The highest BCUT2D eigenvalue weighted by atomic mass is 35.5. The highest BCUT2D eigenvalue weighted by Crippen LogP contribution is 2.27. The van der Waals surface area contributed by atoms with E-state index in [1.54, 1.807) is 18.2 Å². The molecule has 0 aliphatic rings. The van der Waals surface area contributed by atoms with Crippen molar-refractivity contribution in [2.24, 2.45) is 0 Å². The predicted molar refractivity (Wildman–Crippen MR) is 73.6 cm³/mol. The molecule has 8 heteroatoms. The van der Waals surface area contributed by atoms with Crippen LogP contribution in [0.4, 0.5) is 5.82 Å². The zero-order valence-corrected chi connectivity index (χ0v) is 11.1. The number of aromatic nitrogens is 4. The zero-order valence-electron chi connectivity index (χ0n) is 9.59. The lowest BCUT2D eigenvalue weighted by atomic mass is 10.3. The average molecular weight is 301 g/mol. The summed E-state index contributed by atoms with van der Waals surface area (Å²) >= 11 is 11.8. The van der Waals surface area contributed by atoms with Crippen LogP contribution in [0, 0.1) is 17.9 Å².